The van der Waals surface area contributed by atoms with Gasteiger partial charge in [0.25, 0.3) is 0 Å². The van der Waals surface area contributed by atoms with Gasteiger partial charge in [-0.2, -0.15) is 5.26 Å². The molecular formula is C24H24N4O2. The van der Waals surface area contributed by atoms with Crippen molar-refractivity contribution in [1.82, 2.24) is 14.9 Å². The van der Waals surface area contributed by atoms with Gasteiger partial charge in [-0.05, 0) is 50.7 Å². The molecule has 1 saturated heterocycles. The van der Waals surface area contributed by atoms with Crippen molar-refractivity contribution >= 4 is 17.0 Å². The minimum Gasteiger partial charge on any atom is -0.460 e. The van der Waals surface area contributed by atoms with Crippen LogP contribution in [0.4, 0.5) is 0 Å². The van der Waals surface area contributed by atoms with Crippen molar-refractivity contribution in [3.8, 4) is 6.07 Å². The van der Waals surface area contributed by atoms with Crippen LogP contribution in [0.25, 0.3) is 11.0 Å². The summed E-state index contributed by atoms with van der Waals surface area (Å²) in [5, 5.41) is 9.86. The number of carbonyl (C=O) groups is 1. The van der Waals surface area contributed by atoms with Gasteiger partial charge in [0, 0.05) is 5.92 Å². The standard InChI is InChI=1S/C24H24N4O2/c1-28-13-11-18(12-14-28)22-23(27-21-10-6-5-9-20(21)26-22)19(15-25)24(29)30-16-17-7-3-2-4-8-17/h2-10,18-19H,11-14,16H2,1H3. The van der Waals surface area contributed by atoms with Crippen molar-refractivity contribution in [2.75, 3.05) is 20.1 Å². The highest BCUT2D eigenvalue weighted by Gasteiger charge is 2.32. The van der Waals surface area contributed by atoms with Crippen LogP contribution >= 0.6 is 0 Å². The first-order valence-electron chi connectivity index (χ1n) is 10.2. The third-order valence-electron chi connectivity index (χ3n) is 5.59. The molecule has 1 aliphatic heterocycles. The molecule has 6 nitrogen and oxygen atoms in total. The van der Waals surface area contributed by atoms with Gasteiger partial charge in [0.2, 0.25) is 0 Å². The number of piperidine rings is 1. The monoisotopic (exact) mass is 400 g/mol. The van der Waals surface area contributed by atoms with Crippen molar-refractivity contribution in [3.05, 3.63) is 71.5 Å². The quantitative estimate of drug-likeness (QED) is 0.606. The predicted molar refractivity (Wildman–Crippen MR) is 114 cm³/mol. The lowest BCUT2D eigenvalue weighted by atomic mass is 9.89. The minimum absolute atomic E-state index is 0.127. The molecule has 152 valence electrons. The van der Waals surface area contributed by atoms with Gasteiger partial charge in [0.1, 0.15) is 6.61 Å². The SMILES string of the molecule is CN1CCC(c2nc3ccccc3nc2C(C#N)C(=O)OCc2ccccc2)CC1. The minimum atomic E-state index is -1.10. The Morgan fingerprint density at radius 2 is 1.73 bits per heavy atom. The molecule has 3 aromatic rings. The summed E-state index contributed by atoms with van der Waals surface area (Å²) in [6.45, 7) is 2.03. The molecule has 0 N–H and O–H groups in total. The van der Waals surface area contributed by atoms with Crippen molar-refractivity contribution in [1.29, 1.82) is 5.26 Å². The molecule has 1 aliphatic rings. The fourth-order valence-electron chi connectivity index (χ4n) is 3.86. The average molecular weight is 400 g/mol. The van der Waals surface area contributed by atoms with Crippen LogP contribution in [0.3, 0.4) is 0 Å². The van der Waals surface area contributed by atoms with Crippen LogP contribution in [-0.2, 0) is 16.1 Å². The molecule has 0 amide bonds. The second-order valence-electron chi connectivity index (χ2n) is 7.72. The summed E-state index contributed by atoms with van der Waals surface area (Å²) < 4.78 is 5.47. The number of hydrogen-bond acceptors (Lipinski definition) is 6. The lowest BCUT2D eigenvalue weighted by Crippen LogP contribution is -2.30. The van der Waals surface area contributed by atoms with E-state index in [0.29, 0.717) is 11.2 Å². The molecule has 0 bridgehead atoms. The maximum atomic E-state index is 12.9. The maximum absolute atomic E-state index is 12.9. The Bertz CT molecular complexity index is 1070. The first-order valence-corrected chi connectivity index (χ1v) is 10.2. The summed E-state index contributed by atoms with van der Waals surface area (Å²) in [6, 6.07) is 19.1. The van der Waals surface area contributed by atoms with Crippen LogP contribution < -0.4 is 0 Å². The Morgan fingerprint density at radius 3 is 2.40 bits per heavy atom. The predicted octanol–water partition coefficient (Wildman–Crippen LogP) is 3.79. The lowest BCUT2D eigenvalue weighted by Gasteiger charge is -2.29. The van der Waals surface area contributed by atoms with Crippen LogP contribution in [0.2, 0.25) is 0 Å². The number of aromatic nitrogens is 2. The molecule has 1 unspecified atom stereocenters. The van der Waals surface area contributed by atoms with Gasteiger partial charge in [-0.25, -0.2) is 9.97 Å². The van der Waals surface area contributed by atoms with Crippen molar-refractivity contribution in [2.45, 2.75) is 31.3 Å². The van der Waals surface area contributed by atoms with Crippen LogP contribution in [0, 0.1) is 11.3 Å². The molecule has 1 aromatic heterocycles. The molecule has 0 aliphatic carbocycles. The summed E-state index contributed by atoms with van der Waals surface area (Å²) in [5.41, 5.74) is 3.53. The molecule has 0 saturated carbocycles. The number of nitrogens with zero attached hydrogens (tertiary/aromatic N) is 4. The molecule has 1 atom stereocenters. The van der Waals surface area contributed by atoms with Gasteiger partial charge in [0.15, 0.2) is 5.92 Å². The Hall–Kier alpha value is -3.30. The number of carbonyl (C=O) groups excluding carboxylic acids is 1. The van der Waals surface area contributed by atoms with Crippen LogP contribution in [-0.4, -0.2) is 41.0 Å². The largest absolute Gasteiger partial charge is 0.460 e. The Morgan fingerprint density at radius 1 is 1.10 bits per heavy atom. The first-order chi connectivity index (χ1) is 14.7. The van der Waals surface area contributed by atoms with E-state index in [4.69, 9.17) is 14.7 Å². The van der Waals surface area contributed by atoms with Crippen LogP contribution in [0.5, 0.6) is 0 Å². The van der Waals surface area contributed by atoms with Gasteiger partial charge >= 0.3 is 5.97 Å². The zero-order chi connectivity index (χ0) is 20.9. The zero-order valence-electron chi connectivity index (χ0n) is 17.0. The second-order valence-corrected chi connectivity index (χ2v) is 7.72. The van der Waals surface area contributed by atoms with E-state index in [-0.39, 0.29) is 12.5 Å². The van der Waals surface area contributed by atoms with Gasteiger partial charge in [-0.1, -0.05) is 42.5 Å². The molecular weight excluding hydrogens is 376 g/mol. The third kappa shape index (κ3) is 4.32. The lowest BCUT2D eigenvalue weighted by molar-refractivity contribution is -0.145. The van der Waals surface area contributed by atoms with E-state index in [1.165, 1.54) is 0 Å². The van der Waals surface area contributed by atoms with Gasteiger partial charge in [-0.3, -0.25) is 4.79 Å². The molecule has 30 heavy (non-hydrogen) atoms. The van der Waals surface area contributed by atoms with E-state index in [1.807, 2.05) is 54.6 Å². The summed E-state index contributed by atoms with van der Waals surface area (Å²) in [7, 11) is 2.10. The van der Waals surface area contributed by atoms with E-state index in [2.05, 4.69) is 18.0 Å². The number of likely N-dealkylation sites (tertiary alicyclic amines) is 1. The second kappa shape index (κ2) is 9.02. The van der Waals surface area contributed by atoms with Crippen molar-refractivity contribution in [2.24, 2.45) is 0 Å². The van der Waals surface area contributed by atoms with Crippen LogP contribution in [0.1, 0.15) is 41.6 Å². The van der Waals surface area contributed by atoms with E-state index < -0.39 is 11.9 Å². The first kappa shape index (κ1) is 20.0. The molecule has 0 spiro atoms. The van der Waals surface area contributed by atoms with E-state index >= 15 is 0 Å². The highest BCUT2D eigenvalue weighted by atomic mass is 16.5. The Labute approximate surface area is 176 Å². The third-order valence-corrected chi connectivity index (χ3v) is 5.59. The zero-order valence-corrected chi connectivity index (χ0v) is 17.0. The highest BCUT2D eigenvalue weighted by molar-refractivity contribution is 5.83. The number of hydrogen-bond donors (Lipinski definition) is 0. The Kier molecular flexibility index (Phi) is 6.01. The molecule has 6 heteroatoms. The average Bonchev–Trinajstić information content (AvgIpc) is 2.79. The number of esters is 1. The molecule has 0 radical (unpaired) electrons. The number of para-hydroxylation sites is 2. The number of ether oxygens (including phenoxy) is 1. The van der Waals surface area contributed by atoms with Crippen molar-refractivity contribution < 1.29 is 9.53 Å². The van der Waals surface area contributed by atoms with Gasteiger partial charge in [0.05, 0.1) is 28.5 Å². The molecule has 2 aromatic carbocycles. The summed E-state index contributed by atoms with van der Waals surface area (Å²) in [4.78, 5) is 24.7. The summed E-state index contributed by atoms with van der Waals surface area (Å²) in [5.74, 6) is -1.51. The van der Waals surface area contributed by atoms with E-state index in [9.17, 15) is 10.1 Å². The van der Waals surface area contributed by atoms with Crippen LogP contribution in [0.15, 0.2) is 54.6 Å². The number of benzene rings is 2. The molecule has 1 fully saturated rings. The summed E-state index contributed by atoms with van der Waals surface area (Å²) in [6.07, 6.45) is 1.85. The highest BCUT2D eigenvalue weighted by Crippen LogP contribution is 2.33. The van der Waals surface area contributed by atoms with Gasteiger partial charge < -0.3 is 9.64 Å². The maximum Gasteiger partial charge on any atom is 0.329 e. The molecule has 2 heterocycles. The Balaban J connectivity index is 1.66. The smallest absolute Gasteiger partial charge is 0.329 e. The normalized spacial score (nSPS) is 16.1. The summed E-state index contributed by atoms with van der Waals surface area (Å²) >= 11 is 0. The molecule has 4 rings (SSSR count). The van der Waals surface area contributed by atoms with E-state index in [1.54, 1.807) is 0 Å². The number of nitriles is 1. The van der Waals surface area contributed by atoms with E-state index in [0.717, 1.165) is 42.7 Å². The van der Waals surface area contributed by atoms with Gasteiger partial charge in [-0.15, -0.1) is 0 Å². The number of rotatable bonds is 5. The fraction of sp³-hybridized carbons (Fsp3) is 0.333. The number of fused-ring (bicyclic) bond motifs is 1. The topological polar surface area (TPSA) is 79.1 Å². The van der Waals surface area contributed by atoms with Crippen molar-refractivity contribution in [3.63, 3.8) is 0 Å². The fourth-order valence-corrected chi connectivity index (χ4v) is 3.86.